The van der Waals surface area contributed by atoms with E-state index >= 15 is 0 Å². The lowest BCUT2D eigenvalue weighted by atomic mass is 9.44. The van der Waals surface area contributed by atoms with Crippen molar-refractivity contribution in [3.05, 3.63) is 0 Å². The number of piperidine rings is 1. The minimum absolute atomic E-state index is 0.135. The van der Waals surface area contributed by atoms with Crippen LogP contribution in [0.15, 0.2) is 0 Å². The number of hydrogen-bond donors (Lipinski definition) is 2. The van der Waals surface area contributed by atoms with Crippen LogP contribution in [0, 0.1) is 52.3 Å². The molecule has 1 amide bonds. The summed E-state index contributed by atoms with van der Waals surface area (Å²) in [6.45, 7) is 12.1. The second-order valence-electron chi connectivity index (χ2n) is 13.0. The van der Waals surface area contributed by atoms with Gasteiger partial charge in [-0.15, -0.1) is 0 Å². The van der Waals surface area contributed by atoms with Gasteiger partial charge in [-0.2, -0.15) is 0 Å². The fourth-order valence-electron chi connectivity index (χ4n) is 9.31. The van der Waals surface area contributed by atoms with Gasteiger partial charge in [0.25, 0.3) is 0 Å². The summed E-state index contributed by atoms with van der Waals surface area (Å²) in [6.07, 6.45) is 11.8. The van der Waals surface area contributed by atoms with E-state index in [4.69, 9.17) is 0 Å². The molecule has 3 saturated carbocycles. The zero-order chi connectivity index (χ0) is 23.3. The quantitative estimate of drug-likeness (QED) is 0.484. The van der Waals surface area contributed by atoms with Crippen molar-refractivity contribution in [2.45, 2.75) is 111 Å². The van der Waals surface area contributed by atoms with Crippen molar-refractivity contribution in [3.63, 3.8) is 0 Å². The molecule has 4 fully saturated rings. The maximum atomic E-state index is 12.2. The SMILES string of the molecule is CC(C)CCC[C@@H](C)[C@H]1CC[C@H]2[C@@H]3[C@@H](CC(=O)O)C[C@H]4NC(=O)CC[C@]4(C)[C@H]3CC[C@]12C. The molecule has 0 aromatic carbocycles. The Hall–Kier alpha value is -1.06. The van der Waals surface area contributed by atoms with Crippen LogP contribution in [-0.2, 0) is 9.59 Å². The van der Waals surface area contributed by atoms with Crippen molar-refractivity contribution in [2.24, 2.45) is 52.3 Å². The molecule has 1 heterocycles. The molecule has 3 aliphatic carbocycles. The van der Waals surface area contributed by atoms with Gasteiger partial charge in [-0.25, -0.2) is 0 Å². The number of hydrogen-bond acceptors (Lipinski definition) is 2. The number of carboxylic acids is 1. The van der Waals surface area contributed by atoms with Crippen molar-refractivity contribution >= 4 is 11.9 Å². The number of rotatable bonds is 7. The summed E-state index contributed by atoms with van der Waals surface area (Å²) in [5.41, 5.74) is 0.492. The molecule has 2 N–H and O–H groups in total. The van der Waals surface area contributed by atoms with E-state index in [2.05, 4.69) is 39.9 Å². The van der Waals surface area contributed by atoms with E-state index in [1.165, 1.54) is 44.9 Å². The van der Waals surface area contributed by atoms with Crippen LogP contribution in [0.25, 0.3) is 0 Å². The molecule has 0 spiro atoms. The molecule has 4 nitrogen and oxygen atoms in total. The Morgan fingerprint density at radius 1 is 1.06 bits per heavy atom. The number of carbonyl (C=O) groups is 2. The largest absolute Gasteiger partial charge is 0.481 e. The number of carbonyl (C=O) groups excluding carboxylic acids is 1. The fraction of sp³-hybridized carbons (Fsp3) is 0.929. The minimum atomic E-state index is -0.664. The Kier molecular flexibility index (Phi) is 6.73. The average molecular weight is 446 g/mol. The first-order chi connectivity index (χ1) is 15.1. The summed E-state index contributed by atoms with van der Waals surface area (Å²) in [4.78, 5) is 24.1. The molecule has 0 aromatic rings. The first-order valence-electron chi connectivity index (χ1n) is 13.6. The Labute approximate surface area is 195 Å². The molecule has 4 heteroatoms. The highest BCUT2D eigenvalue weighted by Crippen LogP contribution is 2.68. The molecule has 4 rings (SSSR count). The van der Waals surface area contributed by atoms with Crippen molar-refractivity contribution < 1.29 is 14.7 Å². The average Bonchev–Trinajstić information content (AvgIpc) is 3.05. The van der Waals surface area contributed by atoms with Crippen LogP contribution in [0.5, 0.6) is 0 Å². The van der Waals surface area contributed by atoms with E-state index in [0.717, 1.165) is 30.6 Å². The topological polar surface area (TPSA) is 66.4 Å². The summed E-state index contributed by atoms with van der Waals surface area (Å²) in [6, 6.07) is 0.158. The van der Waals surface area contributed by atoms with E-state index in [1.807, 2.05) is 0 Å². The lowest BCUT2D eigenvalue weighted by molar-refractivity contribution is -0.154. The Bertz CT molecular complexity index is 719. The minimum Gasteiger partial charge on any atom is -0.481 e. The predicted molar refractivity (Wildman–Crippen MR) is 128 cm³/mol. The second-order valence-corrected chi connectivity index (χ2v) is 13.0. The Morgan fingerprint density at radius 2 is 1.78 bits per heavy atom. The van der Waals surface area contributed by atoms with Gasteiger partial charge in [0.05, 0.1) is 0 Å². The van der Waals surface area contributed by atoms with E-state index in [0.29, 0.717) is 29.6 Å². The number of amides is 1. The van der Waals surface area contributed by atoms with Crippen molar-refractivity contribution in [3.8, 4) is 0 Å². The first-order valence-corrected chi connectivity index (χ1v) is 13.6. The van der Waals surface area contributed by atoms with Crippen LogP contribution < -0.4 is 5.32 Å². The molecule has 1 saturated heterocycles. The second kappa shape index (κ2) is 8.95. The van der Waals surface area contributed by atoms with Crippen LogP contribution in [0.4, 0.5) is 0 Å². The summed E-state index contributed by atoms with van der Waals surface area (Å²) >= 11 is 0. The monoisotopic (exact) mass is 445 g/mol. The Morgan fingerprint density at radius 3 is 2.47 bits per heavy atom. The zero-order valence-electron chi connectivity index (χ0n) is 21.2. The highest BCUT2D eigenvalue weighted by molar-refractivity contribution is 5.77. The van der Waals surface area contributed by atoms with Gasteiger partial charge in [-0.3, -0.25) is 9.59 Å². The molecule has 0 unspecified atom stereocenters. The van der Waals surface area contributed by atoms with Gasteiger partial charge in [-0.05, 0) is 90.8 Å². The summed E-state index contributed by atoms with van der Waals surface area (Å²) in [5, 5.41) is 13.1. The standard InChI is InChI=1S/C28H47NO3/c1-17(2)7-6-8-18(3)20-9-10-21-26-19(16-25(31)32)15-23-28(5,14-12-24(30)29-23)22(26)11-13-27(20,21)4/h17-23,26H,6-16H2,1-5H3,(H,29,30)(H,31,32)/t18-,19-,20-,21+,22+,23-,26+,27-,28-/m1/s1. The van der Waals surface area contributed by atoms with Crippen LogP contribution in [0.3, 0.4) is 0 Å². The lowest BCUT2D eigenvalue weighted by Crippen LogP contribution is -2.63. The fourth-order valence-corrected chi connectivity index (χ4v) is 9.31. The van der Waals surface area contributed by atoms with Crippen molar-refractivity contribution in [2.75, 3.05) is 0 Å². The highest BCUT2D eigenvalue weighted by Gasteiger charge is 2.63. The molecular formula is C28H47NO3. The molecule has 4 aliphatic rings. The van der Waals surface area contributed by atoms with Crippen LogP contribution in [0.1, 0.15) is 105 Å². The van der Waals surface area contributed by atoms with Gasteiger partial charge < -0.3 is 10.4 Å². The highest BCUT2D eigenvalue weighted by atomic mass is 16.4. The third-order valence-corrected chi connectivity index (χ3v) is 10.9. The third-order valence-electron chi connectivity index (χ3n) is 10.9. The molecule has 182 valence electrons. The summed E-state index contributed by atoms with van der Waals surface area (Å²) < 4.78 is 0. The van der Waals surface area contributed by atoms with Gasteiger partial charge in [0.2, 0.25) is 5.91 Å². The number of aliphatic carboxylic acids is 1. The van der Waals surface area contributed by atoms with Gasteiger partial charge in [0, 0.05) is 18.9 Å². The molecule has 0 bridgehead atoms. The van der Waals surface area contributed by atoms with Crippen LogP contribution >= 0.6 is 0 Å². The molecule has 0 aromatic heterocycles. The number of carboxylic acid groups (broad SMARTS) is 1. The normalized spacial score (nSPS) is 44.4. The van der Waals surface area contributed by atoms with E-state index in [9.17, 15) is 14.7 Å². The zero-order valence-corrected chi connectivity index (χ0v) is 21.2. The molecule has 1 aliphatic heterocycles. The van der Waals surface area contributed by atoms with Gasteiger partial charge in [0.15, 0.2) is 0 Å². The number of fused-ring (bicyclic) bond motifs is 5. The van der Waals surface area contributed by atoms with Crippen molar-refractivity contribution in [1.82, 2.24) is 5.32 Å². The third kappa shape index (κ3) is 4.13. The van der Waals surface area contributed by atoms with E-state index < -0.39 is 5.97 Å². The molecule has 0 radical (unpaired) electrons. The lowest BCUT2D eigenvalue weighted by Gasteiger charge is -2.62. The van der Waals surface area contributed by atoms with Crippen LogP contribution in [0.2, 0.25) is 0 Å². The molecule has 32 heavy (non-hydrogen) atoms. The smallest absolute Gasteiger partial charge is 0.303 e. The summed E-state index contributed by atoms with van der Waals surface area (Å²) in [7, 11) is 0. The van der Waals surface area contributed by atoms with Crippen LogP contribution in [-0.4, -0.2) is 23.0 Å². The van der Waals surface area contributed by atoms with E-state index in [-0.39, 0.29) is 29.7 Å². The maximum absolute atomic E-state index is 12.2. The first kappa shape index (κ1) is 24.1. The number of nitrogens with one attached hydrogen (secondary N) is 1. The summed E-state index contributed by atoms with van der Waals surface area (Å²) in [5.74, 6) is 3.75. The van der Waals surface area contributed by atoms with Gasteiger partial charge in [-0.1, -0.05) is 53.9 Å². The Balaban J connectivity index is 1.58. The molecule has 9 atom stereocenters. The van der Waals surface area contributed by atoms with Gasteiger partial charge in [0.1, 0.15) is 0 Å². The van der Waals surface area contributed by atoms with Crippen molar-refractivity contribution in [1.29, 1.82) is 0 Å². The van der Waals surface area contributed by atoms with Gasteiger partial charge >= 0.3 is 5.97 Å². The maximum Gasteiger partial charge on any atom is 0.303 e. The molecular weight excluding hydrogens is 398 g/mol. The van der Waals surface area contributed by atoms with E-state index in [1.54, 1.807) is 0 Å². The predicted octanol–water partition coefficient (Wildman–Crippen LogP) is 6.29.